The summed E-state index contributed by atoms with van der Waals surface area (Å²) in [7, 11) is 1.35. The second kappa shape index (κ2) is 5.98. The first-order chi connectivity index (χ1) is 9.56. The van der Waals surface area contributed by atoms with E-state index in [2.05, 4.69) is 10.3 Å². The van der Waals surface area contributed by atoms with Gasteiger partial charge >= 0.3 is 0 Å². The quantitative estimate of drug-likeness (QED) is 0.896. The number of halogens is 3. The third-order valence-electron chi connectivity index (χ3n) is 2.87. The molecule has 2 aromatic rings. The molecule has 0 fully saturated rings. The third kappa shape index (κ3) is 2.79. The Kier molecular flexibility index (Phi) is 4.32. The van der Waals surface area contributed by atoms with Gasteiger partial charge in [0, 0.05) is 23.7 Å². The van der Waals surface area contributed by atoms with Crippen molar-refractivity contribution in [3.05, 3.63) is 29.7 Å². The number of nitrogens with zero attached hydrogens (tertiary/aromatic N) is 1. The van der Waals surface area contributed by atoms with Gasteiger partial charge in [-0.2, -0.15) is 0 Å². The Morgan fingerprint density at radius 2 is 2.05 bits per heavy atom. The molecule has 2 rings (SSSR count). The summed E-state index contributed by atoms with van der Waals surface area (Å²) in [4.78, 5) is 3.87. The van der Waals surface area contributed by atoms with Gasteiger partial charge < -0.3 is 10.1 Å². The summed E-state index contributed by atoms with van der Waals surface area (Å²) < 4.78 is 44.4. The molecule has 0 bridgehead atoms. The van der Waals surface area contributed by atoms with E-state index in [4.69, 9.17) is 4.74 Å². The average molecular weight is 284 g/mol. The minimum absolute atomic E-state index is 0.141. The van der Waals surface area contributed by atoms with E-state index in [1.807, 2.05) is 6.92 Å². The van der Waals surface area contributed by atoms with E-state index in [1.165, 1.54) is 19.2 Å². The van der Waals surface area contributed by atoms with Crippen LogP contribution in [0.15, 0.2) is 18.2 Å². The molecule has 0 spiro atoms. The number of rotatable bonds is 5. The standard InChI is InChI=1S/C14H15F3N2O/c1-3-4-18-10-7-11(14(16)17)19-13-9(10)5-8(15)6-12(13)20-2/h5-7,14H,3-4H2,1-2H3,(H,18,19). The van der Waals surface area contributed by atoms with Crippen molar-refractivity contribution in [1.29, 1.82) is 0 Å². The molecule has 0 atom stereocenters. The molecule has 1 heterocycles. The minimum Gasteiger partial charge on any atom is -0.494 e. The number of methoxy groups -OCH3 is 1. The monoisotopic (exact) mass is 284 g/mol. The Balaban J connectivity index is 2.69. The molecule has 3 nitrogen and oxygen atoms in total. The van der Waals surface area contributed by atoms with E-state index in [0.717, 1.165) is 12.5 Å². The summed E-state index contributed by atoms with van der Waals surface area (Å²) in [5, 5.41) is 3.45. The van der Waals surface area contributed by atoms with E-state index < -0.39 is 12.2 Å². The number of hydrogen-bond donors (Lipinski definition) is 1. The normalized spacial score (nSPS) is 11.1. The molecule has 0 unspecified atom stereocenters. The lowest BCUT2D eigenvalue weighted by atomic mass is 10.1. The van der Waals surface area contributed by atoms with Gasteiger partial charge in [-0.05, 0) is 18.6 Å². The Morgan fingerprint density at radius 3 is 2.65 bits per heavy atom. The summed E-state index contributed by atoms with van der Waals surface area (Å²) in [6, 6.07) is 3.65. The first-order valence-corrected chi connectivity index (χ1v) is 6.27. The van der Waals surface area contributed by atoms with Crippen LogP contribution in [0.5, 0.6) is 5.75 Å². The van der Waals surface area contributed by atoms with Crippen molar-refractivity contribution < 1.29 is 17.9 Å². The number of alkyl halides is 2. The fourth-order valence-corrected chi connectivity index (χ4v) is 1.96. The van der Waals surface area contributed by atoms with E-state index >= 15 is 0 Å². The molecule has 0 aliphatic heterocycles. The van der Waals surface area contributed by atoms with E-state index in [1.54, 1.807) is 0 Å². The summed E-state index contributed by atoms with van der Waals surface area (Å²) >= 11 is 0. The van der Waals surface area contributed by atoms with Crippen LogP contribution in [0.25, 0.3) is 10.9 Å². The molecular weight excluding hydrogens is 269 g/mol. The molecule has 108 valence electrons. The van der Waals surface area contributed by atoms with Crippen LogP contribution in [0.1, 0.15) is 25.5 Å². The predicted octanol–water partition coefficient (Wildman–Crippen LogP) is 4.14. The second-order valence-corrected chi connectivity index (χ2v) is 4.33. The van der Waals surface area contributed by atoms with Gasteiger partial charge in [0.25, 0.3) is 6.43 Å². The summed E-state index contributed by atoms with van der Waals surface area (Å²) in [5.41, 5.74) is 0.302. The van der Waals surface area contributed by atoms with Crippen LogP contribution in [0, 0.1) is 5.82 Å². The molecule has 0 saturated carbocycles. The highest BCUT2D eigenvalue weighted by Gasteiger charge is 2.16. The van der Waals surface area contributed by atoms with Gasteiger partial charge in [-0.3, -0.25) is 0 Å². The number of hydrogen-bond acceptors (Lipinski definition) is 3. The number of nitrogens with one attached hydrogen (secondary N) is 1. The molecule has 0 aliphatic carbocycles. The van der Waals surface area contributed by atoms with E-state index in [-0.39, 0.29) is 17.0 Å². The first kappa shape index (κ1) is 14.4. The van der Waals surface area contributed by atoms with Crippen molar-refractivity contribution in [3.8, 4) is 5.75 Å². The molecule has 20 heavy (non-hydrogen) atoms. The van der Waals surface area contributed by atoms with Gasteiger partial charge in [-0.25, -0.2) is 18.2 Å². The lowest BCUT2D eigenvalue weighted by Crippen LogP contribution is -2.04. The second-order valence-electron chi connectivity index (χ2n) is 4.33. The Bertz CT molecular complexity index is 617. The SMILES string of the molecule is CCCNc1cc(C(F)F)nc2c(OC)cc(F)cc12. The van der Waals surface area contributed by atoms with Gasteiger partial charge in [-0.1, -0.05) is 6.92 Å². The van der Waals surface area contributed by atoms with Gasteiger partial charge in [0.1, 0.15) is 22.8 Å². The smallest absolute Gasteiger partial charge is 0.280 e. The molecule has 0 radical (unpaired) electrons. The lowest BCUT2D eigenvalue weighted by Gasteiger charge is -2.13. The van der Waals surface area contributed by atoms with Gasteiger partial charge in [-0.15, -0.1) is 0 Å². The molecule has 1 aromatic carbocycles. The predicted molar refractivity (Wildman–Crippen MR) is 72.0 cm³/mol. The molecule has 0 saturated heterocycles. The van der Waals surface area contributed by atoms with E-state index in [0.29, 0.717) is 17.6 Å². The maximum absolute atomic E-state index is 13.6. The number of aromatic nitrogens is 1. The molecule has 0 aliphatic rings. The summed E-state index contributed by atoms with van der Waals surface area (Å²) in [5.74, 6) is -0.359. The van der Waals surface area contributed by atoms with Crippen LogP contribution in [0.2, 0.25) is 0 Å². The molecular formula is C14H15F3N2O. The maximum Gasteiger partial charge on any atom is 0.280 e. The van der Waals surface area contributed by atoms with Crippen molar-refractivity contribution in [3.63, 3.8) is 0 Å². The number of pyridine rings is 1. The van der Waals surface area contributed by atoms with Crippen molar-refractivity contribution in [1.82, 2.24) is 4.98 Å². The minimum atomic E-state index is -2.70. The van der Waals surface area contributed by atoms with Crippen molar-refractivity contribution in [2.75, 3.05) is 19.0 Å². The largest absolute Gasteiger partial charge is 0.494 e. The number of benzene rings is 1. The summed E-state index contributed by atoms with van der Waals surface area (Å²) in [6.07, 6.45) is -1.88. The number of ether oxygens (including phenoxy) is 1. The van der Waals surface area contributed by atoms with Crippen molar-refractivity contribution in [2.45, 2.75) is 19.8 Å². The van der Waals surface area contributed by atoms with Gasteiger partial charge in [0.2, 0.25) is 0 Å². The topological polar surface area (TPSA) is 34.2 Å². The Hall–Kier alpha value is -1.98. The zero-order valence-corrected chi connectivity index (χ0v) is 11.2. The van der Waals surface area contributed by atoms with Gasteiger partial charge in [0.15, 0.2) is 0 Å². The third-order valence-corrected chi connectivity index (χ3v) is 2.87. The van der Waals surface area contributed by atoms with Crippen LogP contribution in [-0.2, 0) is 0 Å². The van der Waals surface area contributed by atoms with Crippen LogP contribution in [-0.4, -0.2) is 18.6 Å². The van der Waals surface area contributed by atoms with Crippen molar-refractivity contribution in [2.24, 2.45) is 0 Å². The van der Waals surface area contributed by atoms with Gasteiger partial charge in [0.05, 0.1) is 7.11 Å². The fraction of sp³-hybridized carbons (Fsp3) is 0.357. The Morgan fingerprint density at radius 1 is 1.30 bits per heavy atom. The number of fused-ring (bicyclic) bond motifs is 1. The zero-order valence-electron chi connectivity index (χ0n) is 11.2. The first-order valence-electron chi connectivity index (χ1n) is 6.27. The summed E-state index contributed by atoms with van der Waals surface area (Å²) in [6.45, 7) is 2.55. The van der Waals surface area contributed by atoms with Crippen LogP contribution in [0.3, 0.4) is 0 Å². The average Bonchev–Trinajstić information content (AvgIpc) is 2.43. The molecule has 6 heteroatoms. The van der Waals surface area contributed by atoms with Crippen LogP contribution in [0.4, 0.5) is 18.9 Å². The molecule has 1 aromatic heterocycles. The molecule has 1 N–H and O–H groups in total. The zero-order chi connectivity index (χ0) is 14.7. The van der Waals surface area contributed by atoms with Crippen LogP contribution < -0.4 is 10.1 Å². The maximum atomic E-state index is 13.6. The highest BCUT2D eigenvalue weighted by atomic mass is 19.3. The highest BCUT2D eigenvalue weighted by Crippen LogP contribution is 2.33. The highest BCUT2D eigenvalue weighted by molar-refractivity contribution is 5.95. The fourth-order valence-electron chi connectivity index (χ4n) is 1.96. The number of anilines is 1. The van der Waals surface area contributed by atoms with Crippen molar-refractivity contribution >= 4 is 16.6 Å². The lowest BCUT2D eigenvalue weighted by molar-refractivity contribution is 0.146. The molecule has 0 amide bonds. The van der Waals surface area contributed by atoms with Crippen LogP contribution >= 0.6 is 0 Å². The van der Waals surface area contributed by atoms with E-state index in [9.17, 15) is 13.2 Å². The Labute approximate surface area is 114 Å².